The van der Waals surface area contributed by atoms with E-state index in [4.69, 9.17) is 0 Å². The van der Waals surface area contributed by atoms with Crippen LogP contribution in [-0.2, 0) is 0 Å². The lowest BCUT2D eigenvalue weighted by Gasteiger charge is -2.22. The van der Waals surface area contributed by atoms with Crippen LogP contribution in [0.4, 0.5) is 5.69 Å². The van der Waals surface area contributed by atoms with Crippen molar-refractivity contribution in [2.24, 2.45) is 0 Å². The molecule has 0 fully saturated rings. The van der Waals surface area contributed by atoms with E-state index < -0.39 is 16.9 Å². The number of para-hydroxylation sites is 1. The lowest BCUT2D eigenvalue weighted by Crippen LogP contribution is -2.30. The quantitative estimate of drug-likeness (QED) is 0.367. The number of rotatable bonds is 5. The second-order valence-electron chi connectivity index (χ2n) is 6.81. The van der Waals surface area contributed by atoms with Crippen molar-refractivity contribution in [3.63, 3.8) is 0 Å². The van der Waals surface area contributed by atoms with E-state index in [1.54, 1.807) is 54.6 Å². The summed E-state index contributed by atoms with van der Waals surface area (Å²) in [5, 5.41) is 26.9. The highest BCUT2D eigenvalue weighted by Crippen LogP contribution is 2.38. The van der Waals surface area contributed by atoms with Gasteiger partial charge in [-0.2, -0.15) is 0 Å². The summed E-state index contributed by atoms with van der Waals surface area (Å²) in [7, 11) is 0. The summed E-state index contributed by atoms with van der Waals surface area (Å²) in [6.45, 7) is 0. The Balaban J connectivity index is 1.93. The highest BCUT2D eigenvalue weighted by atomic mass is 16.6. The van der Waals surface area contributed by atoms with Gasteiger partial charge in [0, 0.05) is 17.2 Å². The van der Waals surface area contributed by atoms with Gasteiger partial charge in [-0.05, 0) is 35.0 Å². The number of nitrogens with zero attached hydrogens (tertiary/aromatic N) is 1. The number of nitrogens with one attached hydrogen (secondary N) is 1. The summed E-state index contributed by atoms with van der Waals surface area (Å²) in [5.41, 5.74) is 0.981. The van der Waals surface area contributed by atoms with Gasteiger partial charge in [-0.25, -0.2) is 0 Å². The average molecular weight is 398 g/mol. The molecular weight excluding hydrogens is 380 g/mol. The van der Waals surface area contributed by atoms with Gasteiger partial charge in [0.2, 0.25) is 0 Å². The van der Waals surface area contributed by atoms with Crippen LogP contribution < -0.4 is 5.32 Å². The summed E-state index contributed by atoms with van der Waals surface area (Å²) >= 11 is 0. The Hall–Kier alpha value is -4.19. The fourth-order valence-electron chi connectivity index (χ4n) is 3.59. The fraction of sp³-hybridized carbons (Fsp3) is 0.0417. The van der Waals surface area contributed by atoms with Crippen LogP contribution in [0.2, 0.25) is 0 Å². The van der Waals surface area contributed by atoms with Crippen molar-refractivity contribution in [3.05, 3.63) is 118 Å². The number of phenols is 1. The molecule has 148 valence electrons. The Kier molecular flexibility index (Phi) is 5.13. The maximum atomic E-state index is 13.0. The molecule has 0 aliphatic rings. The maximum Gasteiger partial charge on any atom is 0.275 e. The van der Waals surface area contributed by atoms with Crippen molar-refractivity contribution in [1.29, 1.82) is 0 Å². The van der Waals surface area contributed by atoms with E-state index in [2.05, 4.69) is 5.32 Å². The average Bonchev–Trinajstić information content (AvgIpc) is 2.78. The van der Waals surface area contributed by atoms with Crippen molar-refractivity contribution >= 4 is 22.4 Å². The molecule has 0 aliphatic carbocycles. The first-order valence-electron chi connectivity index (χ1n) is 9.36. The van der Waals surface area contributed by atoms with Gasteiger partial charge in [-0.3, -0.25) is 14.9 Å². The molecule has 4 aromatic rings. The number of aromatic hydroxyl groups is 1. The van der Waals surface area contributed by atoms with E-state index in [0.29, 0.717) is 22.1 Å². The molecule has 2 N–H and O–H groups in total. The maximum absolute atomic E-state index is 13.0. The summed E-state index contributed by atoms with van der Waals surface area (Å²) in [6.07, 6.45) is 0. The van der Waals surface area contributed by atoms with E-state index in [9.17, 15) is 20.0 Å². The Morgan fingerprint density at radius 2 is 1.53 bits per heavy atom. The van der Waals surface area contributed by atoms with Gasteiger partial charge < -0.3 is 10.4 Å². The van der Waals surface area contributed by atoms with Gasteiger partial charge in [0.15, 0.2) is 0 Å². The Morgan fingerprint density at radius 1 is 0.867 bits per heavy atom. The Morgan fingerprint density at radius 3 is 2.30 bits per heavy atom. The number of benzene rings is 4. The molecule has 0 saturated carbocycles. The second kappa shape index (κ2) is 8.05. The van der Waals surface area contributed by atoms with E-state index in [1.807, 2.05) is 24.3 Å². The summed E-state index contributed by atoms with van der Waals surface area (Å²) in [4.78, 5) is 24.2. The van der Waals surface area contributed by atoms with Crippen LogP contribution in [0.1, 0.15) is 27.5 Å². The molecule has 30 heavy (non-hydrogen) atoms. The summed E-state index contributed by atoms with van der Waals surface area (Å²) in [5.74, 6) is -0.448. The second-order valence-corrected chi connectivity index (χ2v) is 6.81. The van der Waals surface area contributed by atoms with Gasteiger partial charge >= 0.3 is 0 Å². The van der Waals surface area contributed by atoms with E-state index >= 15 is 0 Å². The van der Waals surface area contributed by atoms with Crippen LogP contribution in [0.15, 0.2) is 91.0 Å². The van der Waals surface area contributed by atoms with Crippen molar-refractivity contribution in [2.75, 3.05) is 0 Å². The first kappa shape index (κ1) is 19.1. The minimum atomic E-state index is -0.926. The molecule has 6 nitrogen and oxygen atoms in total. The highest BCUT2D eigenvalue weighted by Gasteiger charge is 2.28. The number of fused-ring (bicyclic) bond motifs is 1. The first-order valence-corrected chi connectivity index (χ1v) is 9.36. The normalized spacial score (nSPS) is 11.7. The third-order valence-corrected chi connectivity index (χ3v) is 4.99. The number of hydrogen-bond donors (Lipinski definition) is 2. The molecule has 0 heterocycles. The number of nitro benzene ring substituents is 1. The summed E-state index contributed by atoms with van der Waals surface area (Å²) < 4.78 is 0. The smallest absolute Gasteiger partial charge is 0.275 e. The van der Waals surface area contributed by atoms with Crippen LogP contribution in [0.5, 0.6) is 5.75 Å². The molecule has 0 aromatic heterocycles. The van der Waals surface area contributed by atoms with Gasteiger partial charge in [-0.1, -0.05) is 60.7 Å². The van der Waals surface area contributed by atoms with Crippen molar-refractivity contribution in [2.45, 2.75) is 6.04 Å². The van der Waals surface area contributed by atoms with Gasteiger partial charge in [0.25, 0.3) is 11.6 Å². The third-order valence-electron chi connectivity index (χ3n) is 4.99. The SMILES string of the molecule is O=C(NC(c1ccccc1[N+](=O)[O-])c1c(O)ccc2ccccc12)c1ccccc1. The molecule has 0 spiro atoms. The van der Waals surface area contributed by atoms with Crippen LogP contribution in [0.3, 0.4) is 0 Å². The lowest BCUT2D eigenvalue weighted by atomic mass is 9.91. The molecule has 1 unspecified atom stereocenters. The van der Waals surface area contributed by atoms with Crippen molar-refractivity contribution in [1.82, 2.24) is 5.32 Å². The van der Waals surface area contributed by atoms with Gasteiger partial charge in [-0.15, -0.1) is 0 Å². The van der Waals surface area contributed by atoms with E-state index in [-0.39, 0.29) is 11.4 Å². The number of amides is 1. The van der Waals surface area contributed by atoms with Crippen LogP contribution in [-0.4, -0.2) is 15.9 Å². The lowest BCUT2D eigenvalue weighted by molar-refractivity contribution is -0.385. The van der Waals surface area contributed by atoms with E-state index in [1.165, 1.54) is 12.1 Å². The molecule has 6 heteroatoms. The molecule has 4 aromatic carbocycles. The molecule has 1 amide bonds. The Bertz CT molecular complexity index is 1240. The number of hydrogen-bond acceptors (Lipinski definition) is 4. The molecule has 0 saturated heterocycles. The molecule has 0 aliphatic heterocycles. The highest BCUT2D eigenvalue weighted by molar-refractivity contribution is 5.96. The summed E-state index contributed by atoms with van der Waals surface area (Å²) in [6, 6.07) is 24.6. The monoisotopic (exact) mass is 398 g/mol. The minimum absolute atomic E-state index is 0.0507. The largest absolute Gasteiger partial charge is 0.508 e. The predicted octanol–water partition coefficient (Wildman–Crippen LogP) is 4.97. The molecule has 0 radical (unpaired) electrons. The standard InChI is InChI=1S/C24H18N2O4/c27-21-15-14-16-8-4-5-11-18(16)22(21)23(19-12-6-7-13-20(19)26(29)30)25-24(28)17-9-2-1-3-10-17/h1-15,23,27H,(H,25,28). The molecule has 1 atom stereocenters. The fourth-order valence-corrected chi connectivity index (χ4v) is 3.59. The van der Waals surface area contributed by atoms with Crippen molar-refractivity contribution < 1.29 is 14.8 Å². The molecule has 4 rings (SSSR count). The minimum Gasteiger partial charge on any atom is -0.508 e. The van der Waals surface area contributed by atoms with Crippen molar-refractivity contribution in [3.8, 4) is 5.75 Å². The van der Waals surface area contributed by atoms with Crippen LogP contribution in [0, 0.1) is 10.1 Å². The third kappa shape index (κ3) is 3.58. The molecule has 0 bridgehead atoms. The molecular formula is C24H18N2O4. The van der Waals surface area contributed by atoms with Crippen LogP contribution >= 0.6 is 0 Å². The Labute approximate surface area is 172 Å². The zero-order valence-corrected chi connectivity index (χ0v) is 15.9. The van der Waals surface area contributed by atoms with Crippen LogP contribution in [0.25, 0.3) is 10.8 Å². The van der Waals surface area contributed by atoms with E-state index in [0.717, 1.165) is 5.39 Å². The van der Waals surface area contributed by atoms with Gasteiger partial charge in [0.05, 0.1) is 16.5 Å². The first-order chi connectivity index (χ1) is 14.6. The topological polar surface area (TPSA) is 92.5 Å². The number of phenolic OH excluding ortho intramolecular Hbond substituents is 1. The number of nitro groups is 1. The van der Waals surface area contributed by atoms with Gasteiger partial charge in [0.1, 0.15) is 5.75 Å². The predicted molar refractivity (Wildman–Crippen MR) is 114 cm³/mol. The zero-order chi connectivity index (χ0) is 21.1. The number of carbonyl (C=O) groups is 1. The zero-order valence-electron chi connectivity index (χ0n) is 15.9. The number of carbonyl (C=O) groups excluding carboxylic acids is 1.